The second-order valence-electron chi connectivity index (χ2n) is 5.82. The molecule has 10 heteroatoms. The van der Waals surface area contributed by atoms with E-state index in [0.29, 0.717) is 16.3 Å². The van der Waals surface area contributed by atoms with E-state index in [1.54, 1.807) is 18.2 Å². The topological polar surface area (TPSA) is 61.8 Å². The third-order valence-corrected chi connectivity index (χ3v) is 5.36. The third-order valence-electron chi connectivity index (χ3n) is 4.14. The molecule has 5 nitrogen and oxygen atoms in total. The van der Waals surface area contributed by atoms with Crippen LogP contribution in [-0.4, -0.2) is 27.1 Å². The highest BCUT2D eigenvalue weighted by Gasteiger charge is 2.48. The number of hydrogen-bond acceptors (Lipinski definition) is 5. The summed E-state index contributed by atoms with van der Waals surface area (Å²) in [6.07, 6.45) is 0. The molecule has 0 amide bonds. The van der Waals surface area contributed by atoms with Crippen molar-refractivity contribution in [3.05, 3.63) is 52.5 Å². The summed E-state index contributed by atoms with van der Waals surface area (Å²) in [5, 5.41) is 0.530. The van der Waals surface area contributed by atoms with Gasteiger partial charge in [0.25, 0.3) is 0 Å². The van der Waals surface area contributed by atoms with Crippen LogP contribution < -0.4 is 13.7 Å². The Labute approximate surface area is 157 Å². The number of ether oxygens (including phenoxy) is 2. The van der Waals surface area contributed by atoms with Crippen LogP contribution in [0.1, 0.15) is 11.1 Å². The average molecular weight is 419 g/mol. The second kappa shape index (κ2) is 6.07. The molecule has 142 valence electrons. The van der Waals surface area contributed by atoms with Gasteiger partial charge in [-0.1, -0.05) is 11.6 Å². The van der Waals surface area contributed by atoms with Gasteiger partial charge in [0.05, 0.1) is 0 Å². The molecule has 0 saturated carbocycles. The molecule has 0 aromatic heterocycles. The first-order valence-electron chi connectivity index (χ1n) is 7.58. The molecule has 0 spiro atoms. The van der Waals surface area contributed by atoms with Crippen molar-refractivity contribution in [2.75, 3.05) is 13.2 Å². The molecular weight excluding hydrogens is 409 g/mol. The van der Waals surface area contributed by atoms with Gasteiger partial charge in [0.15, 0.2) is 0 Å². The Kier molecular flexibility index (Phi) is 4.04. The summed E-state index contributed by atoms with van der Waals surface area (Å²) in [7, 11) is -5.75. The van der Waals surface area contributed by atoms with E-state index in [9.17, 15) is 21.6 Å². The fourth-order valence-corrected chi connectivity index (χ4v) is 3.53. The van der Waals surface area contributed by atoms with E-state index < -0.39 is 21.4 Å². The zero-order valence-electron chi connectivity index (χ0n) is 13.3. The molecule has 0 bridgehead atoms. The van der Waals surface area contributed by atoms with Gasteiger partial charge in [0.2, 0.25) is 0 Å². The maximum Gasteiger partial charge on any atom is 0.534 e. The lowest BCUT2D eigenvalue weighted by Crippen LogP contribution is -2.28. The maximum absolute atomic E-state index is 12.5. The average Bonchev–Trinajstić information content (AvgIpc) is 2.59. The number of benzene rings is 2. The standard InChI is InChI=1S/C17H10ClF3O5S/c18-9-1-3-11-13-8-25-16-6-10(26-27(22,23)17(19,20)21)2-4-12(16)14(13)7-24-15(11)5-9/h1-6H,7-8H2. The highest BCUT2D eigenvalue weighted by molar-refractivity contribution is 7.88. The van der Waals surface area contributed by atoms with Crippen molar-refractivity contribution in [3.63, 3.8) is 0 Å². The number of fused-ring (bicyclic) bond motifs is 4. The van der Waals surface area contributed by atoms with Gasteiger partial charge in [0, 0.05) is 33.4 Å². The third kappa shape index (κ3) is 3.10. The quantitative estimate of drug-likeness (QED) is 0.538. The normalized spacial score (nSPS) is 15.9. The fourth-order valence-electron chi connectivity index (χ4n) is 2.92. The predicted octanol–water partition coefficient (Wildman–Crippen LogP) is 4.26. The van der Waals surface area contributed by atoms with Gasteiger partial charge in [-0.15, -0.1) is 0 Å². The highest BCUT2D eigenvalue weighted by atomic mass is 35.5. The van der Waals surface area contributed by atoms with Crippen LogP contribution in [0.25, 0.3) is 11.1 Å². The summed E-state index contributed by atoms with van der Waals surface area (Å²) in [5.74, 6) is 0.341. The summed E-state index contributed by atoms with van der Waals surface area (Å²) in [4.78, 5) is 0. The SMILES string of the molecule is O=S(=O)(Oc1ccc2c(c1)OCC1=C2COc2cc(Cl)ccc21)C(F)(F)F. The summed E-state index contributed by atoms with van der Waals surface area (Å²) in [6.45, 7) is 0.371. The number of alkyl halides is 3. The zero-order valence-corrected chi connectivity index (χ0v) is 14.9. The highest BCUT2D eigenvalue weighted by Crippen LogP contribution is 2.44. The Morgan fingerprint density at radius 1 is 0.926 bits per heavy atom. The van der Waals surface area contributed by atoms with Crippen LogP contribution in [-0.2, 0) is 10.1 Å². The van der Waals surface area contributed by atoms with Crippen molar-refractivity contribution in [1.29, 1.82) is 0 Å². The Morgan fingerprint density at radius 2 is 1.48 bits per heavy atom. The Balaban J connectivity index is 1.72. The minimum atomic E-state index is -5.75. The van der Waals surface area contributed by atoms with Crippen molar-refractivity contribution in [2.24, 2.45) is 0 Å². The van der Waals surface area contributed by atoms with E-state index in [0.717, 1.165) is 28.8 Å². The number of hydrogen-bond donors (Lipinski definition) is 0. The molecule has 0 fully saturated rings. The lowest BCUT2D eigenvalue weighted by molar-refractivity contribution is -0.0500. The molecule has 0 unspecified atom stereocenters. The maximum atomic E-state index is 12.5. The van der Waals surface area contributed by atoms with E-state index in [1.165, 1.54) is 6.07 Å². The first-order valence-corrected chi connectivity index (χ1v) is 9.37. The molecule has 2 heterocycles. The van der Waals surface area contributed by atoms with Gasteiger partial charge in [-0.05, 0) is 30.3 Å². The van der Waals surface area contributed by atoms with Crippen LogP contribution >= 0.6 is 11.6 Å². The van der Waals surface area contributed by atoms with Crippen molar-refractivity contribution >= 4 is 32.9 Å². The van der Waals surface area contributed by atoms with Crippen LogP contribution in [0.15, 0.2) is 36.4 Å². The van der Waals surface area contributed by atoms with Gasteiger partial charge in [-0.2, -0.15) is 21.6 Å². The van der Waals surface area contributed by atoms with E-state index in [1.807, 2.05) is 0 Å². The van der Waals surface area contributed by atoms with Crippen LogP contribution in [0.4, 0.5) is 13.2 Å². The molecular formula is C17H10ClF3O5S. The van der Waals surface area contributed by atoms with E-state index in [-0.39, 0.29) is 19.0 Å². The van der Waals surface area contributed by atoms with E-state index in [2.05, 4.69) is 4.18 Å². The van der Waals surface area contributed by atoms with Gasteiger partial charge in [-0.3, -0.25) is 0 Å². The first kappa shape index (κ1) is 18.0. The van der Waals surface area contributed by atoms with Gasteiger partial charge >= 0.3 is 15.6 Å². The molecule has 2 aliphatic heterocycles. The van der Waals surface area contributed by atoms with Crippen LogP contribution in [0, 0.1) is 0 Å². The molecule has 0 atom stereocenters. The van der Waals surface area contributed by atoms with Crippen molar-refractivity contribution in [1.82, 2.24) is 0 Å². The molecule has 4 rings (SSSR count). The minimum Gasteiger partial charge on any atom is -0.488 e. The summed E-state index contributed by atoms with van der Waals surface area (Å²) >= 11 is 5.96. The van der Waals surface area contributed by atoms with Gasteiger partial charge < -0.3 is 13.7 Å². The summed E-state index contributed by atoms with van der Waals surface area (Å²) < 4.78 is 75.2. The van der Waals surface area contributed by atoms with Gasteiger partial charge in [-0.25, -0.2) is 0 Å². The van der Waals surface area contributed by atoms with E-state index >= 15 is 0 Å². The molecule has 27 heavy (non-hydrogen) atoms. The van der Waals surface area contributed by atoms with Crippen LogP contribution in [0.5, 0.6) is 17.2 Å². The Bertz CT molecular complexity index is 1080. The molecule has 0 radical (unpaired) electrons. The Morgan fingerprint density at radius 3 is 2.07 bits per heavy atom. The minimum absolute atomic E-state index is 0.149. The lowest BCUT2D eigenvalue weighted by atomic mass is 9.91. The Hall–Kier alpha value is -2.39. The van der Waals surface area contributed by atoms with Crippen molar-refractivity contribution in [3.8, 4) is 17.2 Å². The van der Waals surface area contributed by atoms with E-state index in [4.69, 9.17) is 21.1 Å². The molecule has 0 aliphatic carbocycles. The fraction of sp³-hybridized carbons (Fsp3) is 0.176. The lowest BCUT2D eigenvalue weighted by Gasteiger charge is -2.29. The van der Waals surface area contributed by atoms with Gasteiger partial charge in [0.1, 0.15) is 30.5 Å². The molecule has 0 N–H and O–H groups in total. The second-order valence-corrected chi connectivity index (χ2v) is 7.79. The summed E-state index contributed by atoms with van der Waals surface area (Å²) in [5.41, 5.74) is -2.44. The molecule has 0 saturated heterocycles. The first-order chi connectivity index (χ1) is 12.7. The van der Waals surface area contributed by atoms with Crippen molar-refractivity contribution in [2.45, 2.75) is 5.51 Å². The number of halogens is 4. The smallest absolute Gasteiger partial charge is 0.488 e. The monoisotopic (exact) mass is 418 g/mol. The zero-order chi connectivity index (χ0) is 19.4. The largest absolute Gasteiger partial charge is 0.534 e. The van der Waals surface area contributed by atoms with Crippen LogP contribution in [0.2, 0.25) is 5.02 Å². The number of rotatable bonds is 2. The predicted molar refractivity (Wildman–Crippen MR) is 91.3 cm³/mol. The summed E-state index contributed by atoms with van der Waals surface area (Å²) in [6, 6.07) is 8.89. The molecule has 2 aromatic carbocycles. The van der Waals surface area contributed by atoms with Crippen LogP contribution in [0.3, 0.4) is 0 Å². The van der Waals surface area contributed by atoms with Crippen molar-refractivity contribution < 1.29 is 35.2 Å². The molecule has 2 aromatic rings. The molecule has 2 aliphatic rings.